The molecular weight excluding hydrogens is 268 g/mol. The normalized spacial score (nSPS) is 33.6. The number of rotatable bonds is 2. The minimum Gasteiger partial charge on any atom is -0.381 e. The molecule has 1 saturated carbocycles. The highest BCUT2D eigenvalue weighted by atomic mass is 16.5. The summed E-state index contributed by atoms with van der Waals surface area (Å²) in [5, 5.41) is 2.81. The molecule has 2 heterocycles. The van der Waals surface area contributed by atoms with Crippen LogP contribution < -0.4 is 5.32 Å². The van der Waals surface area contributed by atoms with Crippen molar-refractivity contribution < 1.29 is 14.3 Å². The van der Waals surface area contributed by atoms with Gasteiger partial charge >= 0.3 is 0 Å². The molecule has 1 N–H and O–H groups in total. The van der Waals surface area contributed by atoms with Crippen molar-refractivity contribution in [3.63, 3.8) is 0 Å². The Bertz CT molecular complexity index is 420. The van der Waals surface area contributed by atoms with E-state index in [0.717, 1.165) is 51.6 Å². The molecule has 1 spiro atoms. The fraction of sp³-hybridized carbons (Fsp3) is 0.875. The van der Waals surface area contributed by atoms with Gasteiger partial charge in [-0.05, 0) is 32.1 Å². The van der Waals surface area contributed by atoms with Crippen LogP contribution in [0.3, 0.4) is 0 Å². The average Bonchev–Trinajstić information content (AvgIpc) is 3.14. The van der Waals surface area contributed by atoms with E-state index in [2.05, 4.69) is 5.32 Å². The number of hydrogen-bond acceptors (Lipinski definition) is 3. The molecule has 2 atom stereocenters. The number of carbonyl (C=O) groups excluding carboxylic acids is 2. The maximum atomic E-state index is 12.7. The van der Waals surface area contributed by atoms with Crippen LogP contribution in [0.15, 0.2) is 0 Å². The third-order valence-corrected chi connectivity index (χ3v) is 5.74. The lowest BCUT2D eigenvalue weighted by Gasteiger charge is -2.31. The van der Waals surface area contributed by atoms with Crippen LogP contribution in [0.5, 0.6) is 0 Å². The van der Waals surface area contributed by atoms with Gasteiger partial charge in [0.05, 0.1) is 0 Å². The molecule has 5 heteroatoms. The fourth-order valence-electron chi connectivity index (χ4n) is 4.50. The molecule has 0 aromatic heterocycles. The second kappa shape index (κ2) is 5.95. The number of nitrogens with one attached hydrogen (secondary N) is 1. The first-order valence-electron chi connectivity index (χ1n) is 8.24. The van der Waals surface area contributed by atoms with Crippen molar-refractivity contribution in [2.24, 2.45) is 17.3 Å². The third kappa shape index (κ3) is 2.68. The molecule has 3 fully saturated rings. The third-order valence-electron chi connectivity index (χ3n) is 5.74. The Labute approximate surface area is 126 Å². The monoisotopic (exact) mass is 294 g/mol. The lowest BCUT2D eigenvalue weighted by atomic mass is 9.76. The zero-order valence-electron chi connectivity index (χ0n) is 12.9. The molecule has 21 heavy (non-hydrogen) atoms. The van der Waals surface area contributed by atoms with Gasteiger partial charge in [0.2, 0.25) is 11.8 Å². The topological polar surface area (TPSA) is 58.6 Å². The van der Waals surface area contributed by atoms with Gasteiger partial charge in [-0.15, -0.1) is 0 Å². The van der Waals surface area contributed by atoms with Crippen molar-refractivity contribution >= 4 is 11.8 Å². The van der Waals surface area contributed by atoms with E-state index in [1.807, 2.05) is 4.90 Å². The molecule has 0 bridgehead atoms. The van der Waals surface area contributed by atoms with Crippen LogP contribution in [0.1, 0.15) is 38.5 Å². The van der Waals surface area contributed by atoms with Crippen LogP contribution in [0.25, 0.3) is 0 Å². The lowest BCUT2D eigenvalue weighted by Crippen LogP contribution is -2.42. The highest BCUT2D eigenvalue weighted by Crippen LogP contribution is 2.50. The minimum atomic E-state index is 0.0426. The Morgan fingerprint density at radius 3 is 2.67 bits per heavy atom. The Morgan fingerprint density at radius 2 is 1.95 bits per heavy atom. The molecule has 0 aromatic rings. The first-order chi connectivity index (χ1) is 10.2. The van der Waals surface area contributed by atoms with Gasteiger partial charge in [-0.1, -0.05) is 6.42 Å². The molecule has 1 aliphatic carbocycles. The summed E-state index contributed by atoms with van der Waals surface area (Å²) in [6.45, 7) is 3.01. The van der Waals surface area contributed by atoms with Crippen molar-refractivity contribution in [2.45, 2.75) is 38.5 Å². The van der Waals surface area contributed by atoms with Gasteiger partial charge in [-0.3, -0.25) is 9.59 Å². The van der Waals surface area contributed by atoms with Crippen molar-refractivity contribution in [1.29, 1.82) is 0 Å². The first kappa shape index (κ1) is 14.8. The Morgan fingerprint density at radius 1 is 1.19 bits per heavy atom. The first-order valence-corrected chi connectivity index (χ1v) is 8.24. The molecule has 3 rings (SSSR count). The zero-order chi connectivity index (χ0) is 14.9. The van der Waals surface area contributed by atoms with Gasteiger partial charge < -0.3 is 15.0 Å². The molecule has 0 aromatic carbocycles. The van der Waals surface area contributed by atoms with Crippen molar-refractivity contribution in [3.05, 3.63) is 0 Å². The summed E-state index contributed by atoms with van der Waals surface area (Å²) in [7, 11) is 1.72. The van der Waals surface area contributed by atoms with Gasteiger partial charge in [-0.2, -0.15) is 0 Å². The Balaban J connectivity index is 1.66. The summed E-state index contributed by atoms with van der Waals surface area (Å²) in [6.07, 6.45) is 5.85. The molecule has 0 unspecified atom stereocenters. The SMILES string of the molecule is CNC(=O)[C@@H]1CCC[C@]12CCN(C(=O)C1CCOCC1)C2. The van der Waals surface area contributed by atoms with Gasteiger partial charge in [0.15, 0.2) is 0 Å². The van der Waals surface area contributed by atoms with E-state index in [1.54, 1.807) is 7.05 Å². The predicted molar refractivity (Wildman–Crippen MR) is 78.6 cm³/mol. The standard InChI is InChI=1S/C16H26N2O3/c1-17-14(19)13-3-2-6-16(13)7-8-18(11-16)15(20)12-4-9-21-10-5-12/h12-13H,2-11H2,1H3,(H,17,19)/t13-,16+/m0/s1. The van der Waals surface area contributed by atoms with E-state index < -0.39 is 0 Å². The summed E-state index contributed by atoms with van der Waals surface area (Å²) in [5.74, 6) is 0.675. The van der Waals surface area contributed by atoms with Crippen LogP contribution in [0.4, 0.5) is 0 Å². The van der Waals surface area contributed by atoms with Crippen molar-refractivity contribution in [2.75, 3.05) is 33.4 Å². The Kier molecular flexibility index (Phi) is 4.20. The van der Waals surface area contributed by atoms with Gasteiger partial charge in [-0.25, -0.2) is 0 Å². The molecule has 2 saturated heterocycles. The van der Waals surface area contributed by atoms with Crippen LogP contribution in [0, 0.1) is 17.3 Å². The minimum absolute atomic E-state index is 0.0426. The number of carbonyl (C=O) groups is 2. The van der Waals surface area contributed by atoms with Crippen LogP contribution in [-0.2, 0) is 14.3 Å². The van der Waals surface area contributed by atoms with Gasteiger partial charge in [0.1, 0.15) is 0 Å². The second-order valence-electron chi connectivity index (χ2n) is 6.82. The smallest absolute Gasteiger partial charge is 0.225 e. The molecule has 3 aliphatic rings. The van der Waals surface area contributed by atoms with E-state index in [9.17, 15) is 9.59 Å². The van der Waals surface area contributed by atoms with E-state index in [-0.39, 0.29) is 29.1 Å². The predicted octanol–water partition coefficient (Wildman–Crippen LogP) is 1.18. The zero-order valence-corrected chi connectivity index (χ0v) is 12.9. The quantitative estimate of drug-likeness (QED) is 0.832. The number of amides is 2. The maximum absolute atomic E-state index is 12.7. The number of nitrogens with zero attached hydrogens (tertiary/aromatic N) is 1. The summed E-state index contributed by atoms with van der Waals surface area (Å²) in [4.78, 5) is 26.8. The van der Waals surface area contributed by atoms with E-state index >= 15 is 0 Å². The van der Waals surface area contributed by atoms with E-state index in [0.29, 0.717) is 13.2 Å². The molecule has 118 valence electrons. The number of hydrogen-bond donors (Lipinski definition) is 1. The molecule has 2 aliphatic heterocycles. The molecule has 5 nitrogen and oxygen atoms in total. The number of ether oxygens (including phenoxy) is 1. The van der Waals surface area contributed by atoms with Crippen LogP contribution in [-0.4, -0.2) is 50.1 Å². The molecular formula is C16H26N2O3. The highest BCUT2D eigenvalue weighted by Gasteiger charge is 2.51. The van der Waals surface area contributed by atoms with Crippen LogP contribution >= 0.6 is 0 Å². The maximum Gasteiger partial charge on any atom is 0.225 e. The van der Waals surface area contributed by atoms with Crippen molar-refractivity contribution in [1.82, 2.24) is 10.2 Å². The van der Waals surface area contributed by atoms with E-state index in [1.165, 1.54) is 0 Å². The largest absolute Gasteiger partial charge is 0.381 e. The molecule has 0 radical (unpaired) electrons. The fourth-order valence-corrected chi connectivity index (χ4v) is 4.50. The number of likely N-dealkylation sites (tertiary alicyclic amines) is 1. The van der Waals surface area contributed by atoms with Crippen molar-refractivity contribution in [3.8, 4) is 0 Å². The second-order valence-corrected chi connectivity index (χ2v) is 6.82. The Hall–Kier alpha value is -1.10. The lowest BCUT2D eigenvalue weighted by molar-refractivity contribution is -0.138. The summed E-state index contributed by atoms with van der Waals surface area (Å²) < 4.78 is 5.35. The summed E-state index contributed by atoms with van der Waals surface area (Å²) in [5.41, 5.74) is 0.0426. The summed E-state index contributed by atoms with van der Waals surface area (Å²) >= 11 is 0. The van der Waals surface area contributed by atoms with E-state index in [4.69, 9.17) is 4.74 Å². The highest BCUT2D eigenvalue weighted by molar-refractivity contribution is 5.81. The average molecular weight is 294 g/mol. The summed E-state index contributed by atoms with van der Waals surface area (Å²) in [6, 6.07) is 0. The van der Waals surface area contributed by atoms with Gasteiger partial charge in [0.25, 0.3) is 0 Å². The van der Waals surface area contributed by atoms with Crippen LogP contribution in [0.2, 0.25) is 0 Å². The van der Waals surface area contributed by atoms with Gasteiger partial charge in [0, 0.05) is 50.6 Å². The molecule has 2 amide bonds.